The number of halogens is 1. The summed E-state index contributed by atoms with van der Waals surface area (Å²) < 4.78 is 4.59. The van der Waals surface area contributed by atoms with Crippen molar-refractivity contribution in [2.24, 2.45) is 5.92 Å². The van der Waals surface area contributed by atoms with E-state index in [-0.39, 0.29) is 36.8 Å². The lowest BCUT2D eigenvalue weighted by Gasteiger charge is -2.42. The number of carbonyl (C=O) groups excluding carboxylic acids is 3. The summed E-state index contributed by atoms with van der Waals surface area (Å²) in [6.07, 6.45) is 8.15. The molecule has 0 bridgehead atoms. The minimum atomic E-state index is -0.501. The third kappa shape index (κ3) is 8.27. The molecule has 0 spiro atoms. The van der Waals surface area contributed by atoms with Crippen molar-refractivity contribution in [3.8, 4) is 0 Å². The Hall–Kier alpha value is -1.95. The summed E-state index contributed by atoms with van der Waals surface area (Å²) in [6.45, 7) is 7.59. The molecule has 3 heterocycles. The Labute approximate surface area is 229 Å². The number of nitrogens with zero attached hydrogens (tertiary/aromatic N) is 4. The lowest BCUT2D eigenvalue weighted by molar-refractivity contribution is -0.147. The summed E-state index contributed by atoms with van der Waals surface area (Å²) in [4.78, 5) is 48.7. The SMILES string of the molecule is COC(=O)CC(=O)N1CCN(Cc2cnc(NC(=O)N(C3CCNCC3)C3CCC(C)CC3)s2)CC1.Cl. The molecule has 208 valence electrons. The molecule has 1 aliphatic carbocycles. The maximum Gasteiger partial charge on any atom is 0.324 e. The van der Waals surface area contributed by atoms with Crippen LogP contribution in [0.1, 0.15) is 56.7 Å². The smallest absolute Gasteiger partial charge is 0.324 e. The monoisotopic (exact) mass is 556 g/mol. The van der Waals surface area contributed by atoms with Crippen LogP contribution in [-0.4, -0.2) is 96.1 Å². The van der Waals surface area contributed by atoms with Crippen molar-refractivity contribution < 1.29 is 19.1 Å². The molecule has 37 heavy (non-hydrogen) atoms. The van der Waals surface area contributed by atoms with E-state index in [4.69, 9.17) is 0 Å². The number of rotatable bonds is 7. The van der Waals surface area contributed by atoms with Gasteiger partial charge in [0.1, 0.15) is 6.42 Å². The molecule has 1 saturated carbocycles. The Balaban J connectivity index is 0.00000380. The van der Waals surface area contributed by atoms with Crippen LogP contribution in [0.2, 0.25) is 0 Å². The maximum atomic E-state index is 13.5. The van der Waals surface area contributed by atoms with Gasteiger partial charge in [-0.25, -0.2) is 9.78 Å². The van der Waals surface area contributed by atoms with E-state index < -0.39 is 5.97 Å². The first-order valence-electron chi connectivity index (χ1n) is 13.2. The molecule has 3 fully saturated rings. The molecule has 0 aromatic carbocycles. The van der Waals surface area contributed by atoms with E-state index in [0.29, 0.717) is 24.3 Å². The van der Waals surface area contributed by atoms with Gasteiger partial charge in [0.2, 0.25) is 5.91 Å². The summed E-state index contributed by atoms with van der Waals surface area (Å²) in [5.74, 6) is 0.0574. The van der Waals surface area contributed by atoms with E-state index in [1.807, 2.05) is 6.20 Å². The first-order chi connectivity index (χ1) is 17.4. The number of hydrogen-bond donors (Lipinski definition) is 2. The van der Waals surface area contributed by atoms with Crippen LogP contribution in [0.4, 0.5) is 9.93 Å². The number of esters is 1. The number of piperazine rings is 1. The molecule has 2 N–H and O–H groups in total. The highest BCUT2D eigenvalue weighted by Gasteiger charge is 2.34. The fraction of sp³-hybridized carbons (Fsp3) is 0.760. The Kier molecular flexibility index (Phi) is 11.4. The topological polar surface area (TPSA) is 107 Å². The molecule has 0 unspecified atom stereocenters. The number of piperidine rings is 1. The Morgan fingerprint density at radius 1 is 1.08 bits per heavy atom. The number of hydrogen-bond acceptors (Lipinski definition) is 8. The van der Waals surface area contributed by atoms with Crippen molar-refractivity contribution in [3.05, 3.63) is 11.1 Å². The summed E-state index contributed by atoms with van der Waals surface area (Å²) in [5, 5.41) is 7.17. The Morgan fingerprint density at radius 2 is 1.73 bits per heavy atom. The van der Waals surface area contributed by atoms with Crippen LogP contribution in [0.25, 0.3) is 0 Å². The van der Waals surface area contributed by atoms with E-state index in [0.717, 1.165) is 69.2 Å². The van der Waals surface area contributed by atoms with E-state index in [2.05, 4.69) is 37.1 Å². The standard InChI is InChI=1S/C25H40N6O4S.ClH/c1-18-3-5-19(6-4-18)31(20-7-9-26-10-8-20)25(34)28-24-27-16-21(36-24)17-29-11-13-30(14-12-29)22(32)15-23(33)35-2;/h16,18-20,26H,3-15,17H2,1-2H3,(H,27,28,34);1H. The highest BCUT2D eigenvalue weighted by molar-refractivity contribution is 7.15. The number of carbonyl (C=O) groups is 3. The zero-order valence-electron chi connectivity index (χ0n) is 21.9. The number of nitrogens with one attached hydrogen (secondary N) is 2. The zero-order valence-corrected chi connectivity index (χ0v) is 23.6. The molecule has 1 aromatic rings. The van der Waals surface area contributed by atoms with Gasteiger partial charge in [0.05, 0.1) is 7.11 Å². The number of ether oxygens (including phenoxy) is 1. The molecule has 2 saturated heterocycles. The van der Waals surface area contributed by atoms with Gasteiger partial charge >= 0.3 is 12.0 Å². The third-order valence-electron chi connectivity index (χ3n) is 7.71. The summed E-state index contributed by atoms with van der Waals surface area (Å²) in [5.41, 5.74) is 0. The fourth-order valence-corrected chi connectivity index (χ4v) is 6.36. The van der Waals surface area contributed by atoms with Gasteiger partial charge in [0, 0.05) is 55.9 Å². The average molecular weight is 557 g/mol. The summed E-state index contributed by atoms with van der Waals surface area (Å²) >= 11 is 1.52. The summed E-state index contributed by atoms with van der Waals surface area (Å²) in [6, 6.07) is 0.573. The molecule has 4 rings (SSSR count). The number of aromatic nitrogens is 1. The first-order valence-corrected chi connectivity index (χ1v) is 14.1. The third-order valence-corrected chi connectivity index (χ3v) is 8.61. The van der Waals surface area contributed by atoms with Crippen molar-refractivity contribution >= 4 is 46.8 Å². The van der Waals surface area contributed by atoms with E-state index in [1.165, 1.54) is 31.3 Å². The van der Waals surface area contributed by atoms with Gasteiger partial charge in [-0.3, -0.25) is 19.8 Å². The van der Waals surface area contributed by atoms with Gasteiger partial charge in [-0.2, -0.15) is 0 Å². The number of methoxy groups -OCH3 is 1. The van der Waals surface area contributed by atoms with Gasteiger partial charge in [0.25, 0.3) is 0 Å². The molecule has 12 heteroatoms. The highest BCUT2D eigenvalue weighted by Crippen LogP contribution is 2.31. The van der Waals surface area contributed by atoms with Crippen LogP contribution in [0.3, 0.4) is 0 Å². The van der Waals surface area contributed by atoms with Crippen LogP contribution >= 0.6 is 23.7 Å². The first kappa shape index (κ1) is 29.6. The number of thiazole rings is 1. The molecule has 3 aliphatic rings. The highest BCUT2D eigenvalue weighted by atomic mass is 35.5. The Morgan fingerprint density at radius 3 is 2.38 bits per heavy atom. The zero-order chi connectivity index (χ0) is 25.5. The normalized spacial score (nSPS) is 23.1. The quantitative estimate of drug-likeness (QED) is 0.393. The lowest BCUT2D eigenvalue weighted by Crippen LogP contribution is -2.53. The predicted octanol–water partition coefficient (Wildman–Crippen LogP) is 2.94. The minimum absolute atomic E-state index is 0. The van der Waals surface area contributed by atoms with Crippen LogP contribution < -0.4 is 10.6 Å². The molecule has 2 aliphatic heterocycles. The summed E-state index contributed by atoms with van der Waals surface area (Å²) in [7, 11) is 1.29. The second-order valence-electron chi connectivity index (χ2n) is 10.3. The van der Waals surface area contributed by atoms with Gasteiger partial charge in [-0.05, 0) is 57.5 Å². The largest absolute Gasteiger partial charge is 0.469 e. The number of urea groups is 1. The van der Waals surface area contributed by atoms with Gasteiger partial charge in [0.15, 0.2) is 5.13 Å². The van der Waals surface area contributed by atoms with Gasteiger partial charge < -0.3 is 19.9 Å². The molecule has 3 amide bonds. The lowest BCUT2D eigenvalue weighted by atomic mass is 9.85. The number of anilines is 1. The van der Waals surface area contributed by atoms with Crippen molar-refractivity contribution in [1.29, 1.82) is 0 Å². The average Bonchev–Trinajstić information content (AvgIpc) is 3.32. The van der Waals surface area contributed by atoms with Crippen molar-refractivity contribution in [3.63, 3.8) is 0 Å². The fourth-order valence-electron chi connectivity index (χ4n) is 5.51. The number of amides is 3. The van der Waals surface area contributed by atoms with Crippen LogP contribution in [0.15, 0.2) is 6.20 Å². The van der Waals surface area contributed by atoms with Crippen molar-refractivity contribution in [2.45, 2.75) is 70.5 Å². The van der Waals surface area contributed by atoms with Gasteiger partial charge in [-0.15, -0.1) is 23.7 Å². The molecular weight excluding hydrogens is 516 g/mol. The van der Waals surface area contributed by atoms with Crippen molar-refractivity contribution in [1.82, 2.24) is 25.0 Å². The molecule has 0 atom stereocenters. The molecule has 0 radical (unpaired) electrons. The molecule has 1 aromatic heterocycles. The van der Waals surface area contributed by atoms with Crippen molar-refractivity contribution in [2.75, 3.05) is 51.7 Å². The van der Waals surface area contributed by atoms with Gasteiger partial charge in [-0.1, -0.05) is 6.92 Å². The molecule has 10 nitrogen and oxygen atoms in total. The van der Waals surface area contributed by atoms with E-state index >= 15 is 0 Å². The van der Waals surface area contributed by atoms with E-state index in [9.17, 15) is 14.4 Å². The predicted molar refractivity (Wildman–Crippen MR) is 146 cm³/mol. The van der Waals surface area contributed by atoms with Crippen LogP contribution in [0, 0.1) is 5.92 Å². The van der Waals surface area contributed by atoms with Crippen LogP contribution in [-0.2, 0) is 20.9 Å². The second-order valence-corrected chi connectivity index (χ2v) is 11.4. The van der Waals surface area contributed by atoms with E-state index in [1.54, 1.807) is 4.90 Å². The second kappa shape index (κ2) is 14.3. The maximum absolute atomic E-state index is 13.5. The Bertz CT molecular complexity index is 895. The minimum Gasteiger partial charge on any atom is -0.469 e. The van der Waals surface area contributed by atoms with Crippen LogP contribution in [0.5, 0.6) is 0 Å². The molecular formula is C25H41ClN6O4S.